The molecule has 3 heterocycles. The summed E-state index contributed by atoms with van der Waals surface area (Å²) in [6.07, 6.45) is 1.66. The second-order valence-corrected chi connectivity index (χ2v) is 11.2. The molecule has 0 bridgehead atoms. The number of nitrogens with zero attached hydrogens (tertiary/aromatic N) is 2. The fraction of sp³-hybridized carbons (Fsp3) is 0.200. The summed E-state index contributed by atoms with van der Waals surface area (Å²) in [5.74, 6) is 0.540. The van der Waals surface area contributed by atoms with Crippen molar-refractivity contribution in [3.63, 3.8) is 0 Å². The second-order valence-electron chi connectivity index (χ2n) is 10.2. The highest BCUT2D eigenvalue weighted by Crippen LogP contribution is 2.40. The number of fused-ring (bicyclic) bond motifs is 2. The van der Waals surface area contributed by atoms with E-state index >= 15 is 0 Å². The molecule has 1 unspecified atom stereocenters. The summed E-state index contributed by atoms with van der Waals surface area (Å²) in [5, 5.41) is 1.78. The molecule has 0 saturated carbocycles. The SMILES string of the molecule is CCOC(=O)C1=C(C)N=c2sc(=Cc3ccc(-c4cccc(C(=O)OCC)c4)o3)c(=O)n2C1c1c(OC)ccc2ccccc12. The molecule has 45 heavy (non-hydrogen) atoms. The summed E-state index contributed by atoms with van der Waals surface area (Å²) in [6, 6.07) is 21.2. The number of carbonyl (C=O) groups excluding carboxylic acids is 2. The van der Waals surface area contributed by atoms with E-state index < -0.39 is 18.0 Å². The number of furan rings is 1. The van der Waals surface area contributed by atoms with Crippen molar-refractivity contribution in [1.82, 2.24) is 4.57 Å². The number of esters is 2. The monoisotopic (exact) mass is 622 g/mol. The Hall–Kier alpha value is -5.22. The normalized spacial score (nSPS) is 14.7. The Bertz CT molecular complexity index is 2170. The maximum absolute atomic E-state index is 14.2. The largest absolute Gasteiger partial charge is 0.496 e. The minimum absolute atomic E-state index is 0.170. The summed E-state index contributed by atoms with van der Waals surface area (Å²) in [4.78, 5) is 45.0. The van der Waals surface area contributed by atoms with Gasteiger partial charge < -0.3 is 18.6 Å². The van der Waals surface area contributed by atoms with Crippen LogP contribution in [0.4, 0.5) is 0 Å². The quantitative estimate of drug-likeness (QED) is 0.213. The second kappa shape index (κ2) is 12.4. The van der Waals surface area contributed by atoms with Gasteiger partial charge in [0.15, 0.2) is 4.80 Å². The van der Waals surface area contributed by atoms with E-state index in [2.05, 4.69) is 4.99 Å². The molecule has 228 valence electrons. The van der Waals surface area contributed by atoms with Crippen molar-refractivity contribution in [2.45, 2.75) is 26.8 Å². The highest BCUT2D eigenvalue weighted by molar-refractivity contribution is 7.07. The number of thiazole rings is 1. The van der Waals surface area contributed by atoms with Crippen LogP contribution in [0.5, 0.6) is 5.75 Å². The van der Waals surface area contributed by atoms with E-state index in [4.69, 9.17) is 18.6 Å². The third-order valence-corrected chi connectivity index (χ3v) is 8.48. The molecule has 1 atom stereocenters. The molecule has 0 saturated heterocycles. The smallest absolute Gasteiger partial charge is 0.338 e. The van der Waals surface area contributed by atoms with Crippen molar-refractivity contribution < 1.29 is 28.2 Å². The van der Waals surface area contributed by atoms with Gasteiger partial charge in [0.05, 0.1) is 41.7 Å². The van der Waals surface area contributed by atoms with Crippen LogP contribution in [-0.4, -0.2) is 36.8 Å². The Kier molecular flexibility index (Phi) is 8.23. The molecule has 0 fully saturated rings. The molecule has 9 nitrogen and oxygen atoms in total. The van der Waals surface area contributed by atoms with Gasteiger partial charge in [0.1, 0.15) is 23.3 Å². The molecular formula is C35H30N2O7S. The number of aromatic nitrogens is 1. The lowest BCUT2D eigenvalue weighted by molar-refractivity contribution is -0.139. The standard InChI is InChI=1S/C35H30N2O7S/c1-5-42-33(39)23-12-9-11-22(18-23)26-17-15-24(44-26)19-28-32(38)37-31(29(34(40)43-6-2)20(3)36-35(37)45-28)30-25-13-8-7-10-21(25)14-16-27(30)41-4/h7-19,31H,5-6H2,1-4H3. The minimum atomic E-state index is -0.846. The van der Waals surface area contributed by atoms with Gasteiger partial charge in [0, 0.05) is 17.2 Å². The van der Waals surface area contributed by atoms with Crippen molar-refractivity contribution in [2.24, 2.45) is 4.99 Å². The molecule has 10 heteroatoms. The van der Waals surface area contributed by atoms with E-state index in [1.165, 1.54) is 15.9 Å². The van der Waals surface area contributed by atoms with E-state index in [1.54, 1.807) is 64.3 Å². The van der Waals surface area contributed by atoms with E-state index in [-0.39, 0.29) is 24.3 Å². The Balaban J connectivity index is 1.50. The van der Waals surface area contributed by atoms with Crippen LogP contribution in [0.25, 0.3) is 28.2 Å². The zero-order valence-corrected chi connectivity index (χ0v) is 26.0. The average molecular weight is 623 g/mol. The summed E-state index contributed by atoms with van der Waals surface area (Å²) in [5.41, 5.74) is 2.17. The summed E-state index contributed by atoms with van der Waals surface area (Å²) < 4.78 is 24.4. The van der Waals surface area contributed by atoms with Crippen molar-refractivity contribution in [3.8, 4) is 17.1 Å². The first-order valence-electron chi connectivity index (χ1n) is 14.5. The lowest BCUT2D eigenvalue weighted by Gasteiger charge is -2.27. The van der Waals surface area contributed by atoms with Crippen LogP contribution >= 0.6 is 11.3 Å². The maximum atomic E-state index is 14.2. The first-order chi connectivity index (χ1) is 21.8. The number of ether oxygens (including phenoxy) is 3. The van der Waals surface area contributed by atoms with Gasteiger partial charge in [-0.25, -0.2) is 14.6 Å². The lowest BCUT2D eigenvalue weighted by Crippen LogP contribution is -2.40. The number of rotatable bonds is 8. The molecule has 2 aromatic heterocycles. The van der Waals surface area contributed by atoms with Crippen molar-refractivity contribution in [3.05, 3.63) is 121 Å². The molecule has 0 spiro atoms. The topological polar surface area (TPSA) is 109 Å². The Morgan fingerprint density at radius 3 is 2.53 bits per heavy atom. The number of methoxy groups -OCH3 is 1. The first kappa shape index (κ1) is 29.8. The van der Waals surface area contributed by atoms with Gasteiger partial charge in [0.25, 0.3) is 5.56 Å². The molecule has 5 aromatic rings. The minimum Gasteiger partial charge on any atom is -0.496 e. The predicted octanol–water partition coefficient (Wildman–Crippen LogP) is 5.40. The molecule has 0 N–H and O–H groups in total. The molecule has 3 aromatic carbocycles. The van der Waals surface area contributed by atoms with E-state index in [0.29, 0.717) is 49.0 Å². The molecule has 1 aliphatic rings. The molecule has 0 radical (unpaired) electrons. The van der Waals surface area contributed by atoms with Gasteiger partial charge in [-0.1, -0.05) is 53.8 Å². The van der Waals surface area contributed by atoms with E-state index in [9.17, 15) is 14.4 Å². The van der Waals surface area contributed by atoms with Gasteiger partial charge >= 0.3 is 11.9 Å². The average Bonchev–Trinajstić information content (AvgIpc) is 3.64. The number of allylic oxidation sites excluding steroid dienone is 1. The fourth-order valence-electron chi connectivity index (χ4n) is 5.53. The van der Waals surface area contributed by atoms with Gasteiger partial charge in [-0.3, -0.25) is 9.36 Å². The van der Waals surface area contributed by atoms with E-state index in [0.717, 1.165) is 10.8 Å². The number of hydrogen-bond acceptors (Lipinski definition) is 9. The molecule has 0 amide bonds. The Morgan fingerprint density at radius 2 is 1.76 bits per heavy atom. The third kappa shape index (κ3) is 5.49. The van der Waals surface area contributed by atoms with Gasteiger partial charge in [-0.15, -0.1) is 0 Å². The van der Waals surface area contributed by atoms with Crippen LogP contribution in [0.1, 0.15) is 48.5 Å². The summed E-state index contributed by atoms with van der Waals surface area (Å²) in [6.45, 7) is 5.69. The van der Waals surface area contributed by atoms with E-state index in [1.807, 2.05) is 42.5 Å². The first-order valence-corrected chi connectivity index (χ1v) is 15.3. The number of hydrogen-bond donors (Lipinski definition) is 0. The number of benzene rings is 3. The van der Waals surface area contributed by atoms with Gasteiger partial charge in [-0.2, -0.15) is 0 Å². The van der Waals surface area contributed by atoms with Crippen LogP contribution in [0, 0.1) is 0 Å². The van der Waals surface area contributed by atoms with Crippen LogP contribution < -0.4 is 19.6 Å². The zero-order chi connectivity index (χ0) is 31.7. The maximum Gasteiger partial charge on any atom is 0.338 e. The third-order valence-electron chi connectivity index (χ3n) is 7.50. The summed E-state index contributed by atoms with van der Waals surface area (Å²) >= 11 is 1.20. The Morgan fingerprint density at radius 1 is 0.978 bits per heavy atom. The van der Waals surface area contributed by atoms with Crippen molar-refractivity contribution in [1.29, 1.82) is 0 Å². The predicted molar refractivity (Wildman–Crippen MR) is 171 cm³/mol. The molecule has 0 aliphatic carbocycles. The lowest BCUT2D eigenvalue weighted by atomic mass is 9.90. The molecular weight excluding hydrogens is 592 g/mol. The molecule has 6 rings (SSSR count). The van der Waals surface area contributed by atoms with Crippen LogP contribution in [-0.2, 0) is 14.3 Å². The summed E-state index contributed by atoms with van der Waals surface area (Å²) in [7, 11) is 1.56. The Labute approximate surface area is 262 Å². The highest BCUT2D eigenvalue weighted by atomic mass is 32.1. The number of carbonyl (C=O) groups is 2. The fourth-order valence-corrected chi connectivity index (χ4v) is 6.56. The highest BCUT2D eigenvalue weighted by Gasteiger charge is 2.36. The van der Waals surface area contributed by atoms with Crippen molar-refractivity contribution in [2.75, 3.05) is 20.3 Å². The van der Waals surface area contributed by atoms with Gasteiger partial charge in [-0.05, 0) is 61.9 Å². The van der Waals surface area contributed by atoms with Crippen LogP contribution in [0.15, 0.2) is 98.3 Å². The van der Waals surface area contributed by atoms with Gasteiger partial charge in [0.2, 0.25) is 0 Å². The van der Waals surface area contributed by atoms with Crippen LogP contribution in [0.3, 0.4) is 0 Å². The van der Waals surface area contributed by atoms with Crippen molar-refractivity contribution >= 4 is 40.1 Å². The van der Waals surface area contributed by atoms with Crippen LogP contribution in [0.2, 0.25) is 0 Å². The molecule has 1 aliphatic heterocycles. The zero-order valence-electron chi connectivity index (χ0n) is 25.2.